The average Bonchev–Trinajstić information content (AvgIpc) is 2.42. The van der Waals surface area contributed by atoms with Crippen molar-refractivity contribution in [1.29, 1.82) is 0 Å². The van der Waals surface area contributed by atoms with E-state index in [2.05, 4.69) is 53.4 Å². The third-order valence-electron chi connectivity index (χ3n) is 2.81. The predicted octanol–water partition coefficient (Wildman–Crippen LogP) is 4.21. The van der Waals surface area contributed by atoms with Gasteiger partial charge >= 0.3 is 0 Å². The fourth-order valence-corrected chi connectivity index (χ4v) is 2.76. The fraction of sp³-hybridized carbons (Fsp3) is 0.375. The van der Waals surface area contributed by atoms with E-state index in [1.54, 1.807) is 11.8 Å². The Kier molecular flexibility index (Phi) is 5.41. The maximum atomic E-state index is 4.57. The van der Waals surface area contributed by atoms with E-state index in [4.69, 9.17) is 0 Å². The molecule has 0 unspecified atom stereocenters. The molecule has 0 saturated heterocycles. The zero-order valence-corrected chi connectivity index (χ0v) is 13.1. The third kappa shape index (κ3) is 4.53. The first-order chi connectivity index (χ1) is 9.67. The van der Waals surface area contributed by atoms with Gasteiger partial charge in [-0.2, -0.15) is 0 Å². The molecule has 3 nitrogen and oxygen atoms in total. The molecule has 0 aliphatic rings. The summed E-state index contributed by atoms with van der Waals surface area (Å²) in [5, 5.41) is 3.32. The van der Waals surface area contributed by atoms with E-state index in [1.807, 2.05) is 13.0 Å². The molecule has 0 saturated carbocycles. The second-order valence-electron chi connectivity index (χ2n) is 4.84. The molecule has 2 aromatic rings. The Morgan fingerprint density at radius 1 is 1.15 bits per heavy atom. The van der Waals surface area contributed by atoms with Gasteiger partial charge in [-0.05, 0) is 32.4 Å². The van der Waals surface area contributed by atoms with Crippen LogP contribution in [0.3, 0.4) is 0 Å². The topological polar surface area (TPSA) is 37.8 Å². The molecule has 0 aliphatic carbocycles. The van der Waals surface area contributed by atoms with Gasteiger partial charge in [-0.1, -0.05) is 24.6 Å². The number of anilines is 1. The first-order valence-corrected chi connectivity index (χ1v) is 7.94. The molecular weight excluding hydrogens is 266 g/mol. The Hall–Kier alpha value is -1.55. The fourth-order valence-electron chi connectivity index (χ4n) is 1.89. The Balaban J connectivity index is 2.03. The van der Waals surface area contributed by atoms with Crippen molar-refractivity contribution in [3.05, 3.63) is 47.4 Å². The lowest BCUT2D eigenvalue weighted by molar-refractivity contribution is 0.940. The van der Waals surface area contributed by atoms with Gasteiger partial charge in [0.25, 0.3) is 0 Å². The molecule has 1 aromatic heterocycles. The number of hydrogen-bond donors (Lipinski definition) is 1. The van der Waals surface area contributed by atoms with Gasteiger partial charge in [-0.25, -0.2) is 9.97 Å². The second kappa shape index (κ2) is 7.29. The van der Waals surface area contributed by atoms with E-state index in [1.165, 1.54) is 10.5 Å². The van der Waals surface area contributed by atoms with Crippen LogP contribution < -0.4 is 5.32 Å². The summed E-state index contributed by atoms with van der Waals surface area (Å²) in [5.74, 6) is 2.61. The lowest BCUT2D eigenvalue weighted by atomic mass is 10.2. The van der Waals surface area contributed by atoms with Crippen LogP contribution in [-0.4, -0.2) is 16.5 Å². The molecule has 106 valence electrons. The van der Waals surface area contributed by atoms with E-state index >= 15 is 0 Å². The van der Waals surface area contributed by atoms with Gasteiger partial charge in [-0.15, -0.1) is 11.8 Å². The summed E-state index contributed by atoms with van der Waals surface area (Å²) >= 11 is 1.78. The first kappa shape index (κ1) is 14.9. The highest BCUT2D eigenvalue weighted by Crippen LogP contribution is 2.22. The Morgan fingerprint density at radius 2 is 2.00 bits per heavy atom. The van der Waals surface area contributed by atoms with Crippen LogP contribution in [0.4, 0.5) is 5.82 Å². The predicted molar refractivity (Wildman–Crippen MR) is 86.3 cm³/mol. The van der Waals surface area contributed by atoms with Crippen LogP contribution in [-0.2, 0) is 5.75 Å². The SMILES string of the molecule is CCCNc1cc(C)nc(CSc2cccc(C)c2)n1. The van der Waals surface area contributed by atoms with Crippen molar-refractivity contribution in [1.82, 2.24) is 9.97 Å². The van der Waals surface area contributed by atoms with Crippen molar-refractivity contribution >= 4 is 17.6 Å². The minimum Gasteiger partial charge on any atom is -0.370 e. The van der Waals surface area contributed by atoms with Crippen LogP contribution in [0.15, 0.2) is 35.2 Å². The average molecular weight is 287 g/mol. The first-order valence-electron chi connectivity index (χ1n) is 6.95. The maximum Gasteiger partial charge on any atom is 0.141 e. The van der Waals surface area contributed by atoms with Crippen molar-refractivity contribution in [2.45, 2.75) is 37.8 Å². The molecule has 0 radical (unpaired) electrons. The van der Waals surface area contributed by atoms with Gasteiger partial charge in [-0.3, -0.25) is 0 Å². The van der Waals surface area contributed by atoms with Crippen LogP contribution >= 0.6 is 11.8 Å². The van der Waals surface area contributed by atoms with Crippen molar-refractivity contribution in [3.63, 3.8) is 0 Å². The summed E-state index contributed by atoms with van der Waals surface area (Å²) in [7, 11) is 0. The van der Waals surface area contributed by atoms with Crippen LogP contribution in [0.2, 0.25) is 0 Å². The third-order valence-corrected chi connectivity index (χ3v) is 3.80. The van der Waals surface area contributed by atoms with E-state index in [9.17, 15) is 0 Å². The van der Waals surface area contributed by atoms with E-state index in [0.29, 0.717) is 0 Å². The normalized spacial score (nSPS) is 10.6. The van der Waals surface area contributed by atoms with Crippen molar-refractivity contribution in [2.75, 3.05) is 11.9 Å². The highest BCUT2D eigenvalue weighted by Gasteiger charge is 2.03. The van der Waals surface area contributed by atoms with Gasteiger partial charge in [0.2, 0.25) is 0 Å². The number of thioether (sulfide) groups is 1. The van der Waals surface area contributed by atoms with Crippen molar-refractivity contribution in [3.8, 4) is 0 Å². The molecule has 1 heterocycles. The number of nitrogens with zero attached hydrogens (tertiary/aromatic N) is 2. The van der Waals surface area contributed by atoms with Crippen LogP contribution in [0.25, 0.3) is 0 Å². The summed E-state index contributed by atoms with van der Waals surface area (Å²) in [4.78, 5) is 10.3. The van der Waals surface area contributed by atoms with E-state index in [0.717, 1.165) is 36.1 Å². The molecule has 0 aliphatic heterocycles. The summed E-state index contributed by atoms with van der Waals surface area (Å²) in [6.45, 7) is 7.22. The minimum absolute atomic E-state index is 0.798. The van der Waals surface area contributed by atoms with Crippen LogP contribution in [0.5, 0.6) is 0 Å². The lowest BCUT2D eigenvalue weighted by Crippen LogP contribution is -2.05. The molecule has 0 bridgehead atoms. The number of nitrogens with one attached hydrogen (secondary N) is 1. The molecule has 1 N–H and O–H groups in total. The van der Waals surface area contributed by atoms with Gasteiger partial charge in [0.15, 0.2) is 0 Å². The number of benzene rings is 1. The molecule has 2 rings (SSSR count). The largest absolute Gasteiger partial charge is 0.370 e. The Labute approximate surface area is 125 Å². The Bertz CT molecular complexity index is 569. The molecule has 0 amide bonds. The number of aromatic nitrogens is 2. The van der Waals surface area contributed by atoms with Crippen LogP contribution in [0, 0.1) is 13.8 Å². The molecule has 0 fully saturated rings. The highest BCUT2D eigenvalue weighted by molar-refractivity contribution is 7.98. The van der Waals surface area contributed by atoms with Crippen molar-refractivity contribution < 1.29 is 0 Å². The summed E-state index contributed by atoms with van der Waals surface area (Å²) in [5.41, 5.74) is 2.30. The van der Waals surface area contributed by atoms with Crippen molar-refractivity contribution in [2.24, 2.45) is 0 Å². The summed E-state index contributed by atoms with van der Waals surface area (Å²) in [6.07, 6.45) is 1.09. The monoisotopic (exact) mass is 287 g/mol. The number of rotatable bonds is 6. The molecule has 20 heavy (non-hydrogen) atoms. The van der Waals surface area contributed by atoms with Crippen LogP contribution in [0.1, 0.15) is 30.4 Å². The molecule has 1 aromatic carbocycles. The Morgan fingerprint density at radius 3 is 2.75 bits per heavy atom. The standard InChI is InChI=1S/C16H21N3S/c1-4-8-17-15-10-13(3)18-16(19-15)11-20-14-7-5-6-12(2)9-14/h5-7,9-10H,4,8,11H2,1-3H3,(H,17,18,19). The number of hydrogen-bond acceptors (Lipinski definition) is 4. The maximum absolute atomic E-state index is 4.57. The van der Waals surface area contributed by atoms with Gasteiger partial charge in [0.05, 0.1) is 5.75 Å². The van der Waals surface area contributed by atoms with Gasteiger partial charge in [0.1, 0.15) is 11.6 Å². The summed E-state index contributed by atoms with van der Waals surface area (Å²) < 4.78 is 0. The molecule has 4 heteroatoms. The van der Waals surface area contributed by atoms with Gasteiger partial charge < -0.3 is 5.32 Å². The van der Waals surface area contributed by atoms with E-state index < -0.39 is 0 Å². The lowest BCUT2D eigenvalue weighted by Gasteiger charge is -2.08. The molecule has 0 atom stereocenters. The highest BCUT2D eigenvalue weighted by atomic mass is 32.2. The molecular formula is C16H21N3S. The quantitative estimate of drug-likeness (QED) is 0.808. The second-order valence-corrected chi connectivity index (χ2v) is 5.89. The zero-order chi connectivity index (χ0) is 14.4. The smallest absolute Gasteiger partial charge is 0.141 e. The number of aryl methyl sites for hydroxylation is 2. The molecule has 0 spiro atoms. The minimum atomic E-state index is 0.798. The van der Waals surface area contributed by atoms with Gasteiger partial charge in [0, 0.05) is 23.2 Å². The zero-order valence-electron chi connectivity index (χ0n) is 12.3. The summed E-state index contributed by atoms with van der Waals surface area (Å²) in [6, 6.07) is 10.5. The van der Waals surface area contributed by atoms with E-state index in [-0.39, 0.29) is 0 Å².